The number of benzene rings is 1. The first-order valence-corrected chi connectivity index (χ1v) is 6.78. The molecule has 2 heterocycles. The van der Waals surface area contributed by atoms with E-state index in [9.17, 15) is 4.79 Å². The maximum Gasteiger partial charge on any atom is 0.232 e. The molecule has 22 heavy (non-hydrogen) atoms. The van der Waals surface area contributed by atoms with Crippen LogP contribution in [0.25, 0.3) is 0 Å². The fourth-order valence-corrected chi connectivity index (χ4v) is 1.89. The van der Waals surface area contributed by atoms with Crippen molar-refractivity contribution in [1.82, 2.24) is 24.9 Å². The van der Waals surface area contributed by atoms with Crippen molar-refractivity contribution in [3.8, 4) is 0 Å². The second-order valence-corrected chi connectivity index (χ2v) is 4.60. The zero-order chi connectivity index (χ0) is 15.2. The van der Waals surface area contributed by atoms with Crippen molar-refractivity contribution in [3.63, 3.8) is 0 Å². The van der Waals surface area contributed by atoms with Gasteiger partial charge >= 0.3 is 0 Å². The van der Waals surface area contributed by atoms with Gasteiger partial charge in [-0.15, -0.1) is 0 Å². The highest BCUT2D eigenvalue weighted by atomic mass is 16.5. The SMILES string of the molecule is O=C(Cc1noc(CCn2cncn2)n1)Nc1ccccc1. The minimum atomic E-state index is -0.185. The number of nitrogens with one attached hydrogen (secondary N) is 1. The summed E-state index contributed by atoms with van der Waals surface area (Å²) in [6.45, 7) is 0.595. The monoisotopic (exact) mass is 298 g/mol. The number of nitrogens with zero attached hydrogens (tertiary/aromatic N) is 5. The zero-order valence-corrected chi connectivity index (χ0v) is 11.7. The van der Waals surface area contributed by atoms with E-state index in [1.165, 1.54) is 6.33 Å². The molecule has 1 aromatic carbocycles. The number of carbonyl (C=O) groups is 1. The van der Waals surface area contributed by atoms with Crippen molar-refractivity contribution in [1.29, 1.82) is 0 Å². The maximum atomic E-state index is 11.9. The Kier molecular flexibility index (Phi) is 4.19. The summed E-state index contributed by atoms with van der Waals surface area (Å²) in [5.74, 6) is 0.648. The molecule has 2 aromatic heterocycles. The third-order valence-corrected chi connectivity index (χ3v) is 2.91. The molecule has 8 heteroatoms. The minimum Gasteiger partial charge on any atom is -0.339 e. The lowest BCUT2D eigenvalue weighted by Crippen LogP contribution is -2.15. The predicted molar refractivity (Wildman–Crippen MR) is 76.8 cm³/mol. The van der Waals surface area contributed by atoms with E-state index in [1.54, 1.807) is 11.0 Å². The number of rotatable bonds is 6. The van der Waals surface area contributed by atoms with Crippen LogP contribution in [0.2, 0.25) is 0 Å². The molecule has 0 saturated carbocycles. The standard InChI is InChI=1S/C14H14N6O2/c21-13(17-11-4-2-1-3-5-11)8-12-18-14(22-19-12)6-7-20-10-15-9-16-20/h1-5,9-10H,6-8H2,(H,17,21). The third kappa shape index (κ3) is 3.75. The molecule has 0 radical (unpaired) electrons. The van der Waals surface area contributed by atoms with E-state index in [0.717, 1.165) is 5.69 Å². The number of aromatic nitrogens is 5. The van der Waals surface area contributed by atoms with Crippen molar-refractivity contribution >= 4 is 11.6 Å². The van der Waals surface area contributed by atoms with Crippen molar-refractivity contribution < 1.29 is 9.32 Å². The van der Waals surface area contributed by atoms with Gasteiger partial charge in [0.25, 0.3) is 0 Å². The second-order valence-electron chi connectivity index (χ2n) is 4.60. The summed E-state index contributed by atoms with van der Waals surface area (Å²) in [6.07, 6.45) is 3.69. The van der Waals surface area contributed by atoms with Crippen LogP contribution < -0.4 is 5.32 Å². The van der Waals surface area contributed by atoms with Crippen LogP contribution in [0.5, 0.6) is 0 Å². The van der Waals surface area contributed by atoms with Crippen LogP contribution in [0.15, 0.2) is 47.5 Å². The van der Waals surface area contributed by atoms with Gasteiger partial charge in [-0.3, -0.25) is 9.48 Å². The van der Waals surface area contributed by atoms with Gasteiger partial charge in [0.05, 0.1) is 13.0 Å². The molecule has 8 nitrogen and oxygen atoms in total. The first-order valence-electron chi connectivity index (χ1n) is 6.78. The molecule has 0 fully saturated rings. The van der Waals surface area contributed by atoms with Gasteiger partial charge in [0.1, 0.15) is 12.7 Å². The summed E-state index contributed by atoms with van der Waals surface area (Å²) in [5.41, 5.74) is 0.738. The van der Waals surface area contributed by atoms with E-state index in [2.05, 4.69) is 25.5 Å². The van der Waals surface area contributed by atoms with Crippen molar-refractivity contribution in [2.45, 2.75) is 19.4 Å². The molecular weight excluding hydrogens is 284 g/mol. The lowest BCUT2D eigenvalue weighted by molar-refractivity contribution is -0.115. The number of carbonyl (C=O) groups excluding carboxylic acids is 1. The lowest BCUT2D eigenvalue weighted by atomic mass is 10.3. The van der Waals surface area contributed by atoms with Crippen LogP contribution in [0.4, 0.5) is 5.69 Å². The number of aryl methyl sites for hydroxylation is 2. The largest absolute Gasteiger partial charge is 0.339 e. The van der Waals surface area contributed by atoms with Gasteiger partial charge in [0.2, 0.25) is 11.8 Å². The smallest absolute Gasteiger partial charge is 0.232 e. The summed E-state index contributed by atoms with van der Waals surface area (Å²) in [4.78, 5) is 19.9. The molecule has 0 atom stereocenters. The van der Waals surface area contributed by atoms with Crippen LogP contribution in [0.3, 0.4) is 0 Å². The number of amides is 1. The Morgan fingerprint density at radius 2 is 2.14 bits per heavy atom. The van der Waals surface area contributed by atoms with Gasteiger partial charge in [-0.1, -0.05) is 23.4 Å². The maximum absolute atomic E-state index is 11.9. The summed E-state index contributed by atoms with van der Waals surface area (Å²) in [6, 6.07) is 9.23. The summed E-state index contributed by atoms with van der Waals surface area (Å²) < 4.78 is 6.78. The van der Waals surface area contributed by atoms with Gasteiger partial charge in [-0.25, -0.2) is 4.98 Å². The van der Waals surface area contributed by atoms with Crippen LogP contribution in [-0.2, 0) is 24.2 Å². The van der Waals surface area contributed by atoms with Gasteiger partial charge in [-0.2, -0.15) is 10.1 Å². The van der Waals surface area contributed by atoms with Crippen LogP contribution >= 0.6 is 0 Å². The molecule has 3 aromatic rings. The van der Waals surface area contributed by atoms with E-state index in [1.807, 2.05) is 30.3 Å². The van der Waals surface area contributed by atoms with Gasteiger partial charge in [0, 0.05) is 12.1 Å². The molecule has 0 unspecified atom stereocenters. The third-order valence-electron chi connectivity index (χ3n) is 2.91. The number of para-hydroxylation sites is 1. The molecule has 1 amide bonds. The normalized spacial score (nSPS) is 10.5. The quantitative estimate of drug-likeness (QED) is 0.731. The first-order chi connectivity index (χ1) is 10.8. The lowest BCUT2D eigenvalue weighted by Gasteiger charge is -2.01. The van der Waals surface area contributed by atoms with Gasteiger partial charge < -0.3 is 9.84 Å². The molecule has 0 bridgehead atoms. The van der Waals surface area contributed by atoms with Gasteiger partial charge in [0.15, 0.2) is 5.82 Å². The molecule has 0 aliphatic heterocycles. The zero-order valence-electron chi connectivity index (χ0n) is 11.7. The minimum absolute atomic E-state index is 0.0712. The average Bonchev–Trinajstić information content (AvgIpc) is 3.17. The highest BCUT2D eigenvalue weighted by Crippen LogP contribution is 2.06. The van der Waals surface area contributed by atoms with E-state index >= 15 is 0 Å². The van der Waals surface area contributed by atoms with Crippen LogP contribution in [0, 0.1) is 0 Å². The molecule has 0 saturated heterocycles. The van der Waals surface area contributed by atoms with Crippen molar-refractivity contribution in [3.05, 3.63) is 54.7 Å². The molecule has 0 aliphatic carbocycles. The van der Waals surface area contributed by atoms with E-state index in [-0.39, 0.29) is 12.3 Å². The van der Waals surface area contributed by atoms with Crippen LogP contribution in [0.1, 0.15) is 11.7 Å². The highest BCUT2D eigenvalue weighted by Gasteiger charge is 2.11. The molecule has 1 N–H and O–H groups in total. The number of hydrogen-bond acceptors (Lipinski definition) is 6. The summed E-state index contributed by atoms with van der Waals surface area (Å²) in [7, 11) is 0. The summed E-state index contributed by atoms with van der Waals surface area (Å²) in [5, 5.41) is 10.6. The van der Waals surface area contributed by atoms with E-state index in [4.69, 9.17) is 4.52 Å². The Labute approximate surface area is 126 Å². The van der Waals surface area contributed by atoms with Gasteiger partial charge in [-0.05, 0) is 12.1 Å². The first kappa shape index (κ1) is 13.9. The Morgan fingerprint density at radius 1 is 1.27 bits per heavy atom. The number of hydrogen-bond donors (Lipinski definition) is 1. The Bertz CT molecular complexity index is 723. The highest BCUT2D eigenvalue weighted by molar-refractivity contribution is 5.91. The van der Waals surface area contributed by atoms with Crippen LogP contribution in [-0.4, -0.2) is 30.8 Å². The molecular formula is C14H14N6O2. The summed E-state index contributed by atoms with van der Waals surface area (Å²) >= 11 is 0. The van der Waals surface area contributed by atoms with E-state index < -0.39 is 0 Å². The number of anilines is 1. The fourth-order valence-electron chi connectivity index (χ4n) is 1.89. The topological polar surface area (TPSA) is 98.7 Å². The van der Waals surface area contributed by atoms with E-state index in [0.29, 0.717) is 24.7 Å². The predicted octanol–water partition coefficient (Wildman–Crippen LogP) is 1.08. The molecule has 3 rings (SSSR count). The van der Waals surface area contributed by atoms with Crippen molar-refractivity contribution in [2.24, 2.45) is 0 Å². The average molecular weight is 298 g/mol. The molecule has 0 spiro atoms. The Morgan fingerprint density at radius 3 is 2.91 bits per heavy atom. The molecule has 112 valence electrons. The molecule has 0 aliphatic rings. The Balaban J connectivity index is 1.51. The Hall–Kier alpha value is -3.03. The fraction of sp³-hybridized carbons (Fsp3) is 0.214. The van der Waals surface area contributed by atoms with Crippen molar-refractivity contribution in [2.75, 3.05) is 5.32 Å². The second kappa shape index (κ2) is 6.61.